The van der Waals surface area contributed by atoms with Crippen LogP contribution in [0.25, 0.3) is 0 Å². The van der Waals surface area contributed by atoms with Gasteiger partial charge in [-0.05, 0) is 20.0 Å². The number of hydrogen-bond acceptors (Lipinski definition) is 4. The first-order valence-corrected chi connectivity index (χ1v) is 7.14. The van der Waals surface area contributed by atoms with Crippen molar-refractivity contribution in [3.63, 3.8) is 0 Å². The molecule has 0 aliphatic rings. The fraction of sp³-hybridized carbons (Fsp3) is 0.929. The molecule has 0 aliphatic carbocycles. The number of nitrogens with two attached hydrogens (primary N) is 1. The van der Waals surface area contributed by atoms with Crippen LogP contribution in [0.1, 0.15) is 27.7 Å². The standard InChI is InChI=1S/C14H32N4O/c1-11(2)9-18(8-7-17(5)6)10-13(14(15)19)16-12(3)4/h11-13,16H,7-10H2,1-6H3,(H2,15,19). The van der Waals surface area contributed by atoms with Crippen molar-refractivity contribution in [2.75, 3.05) is 40.3 Å². The minimum atomic E-state index is -0.277. The Morgan fingerprint density at radius 1 is 1.11 bits per heavy atom. The van der Waals surface area contributed by atoms with Crippen molar-refractivity contribution < 1.29 is 4.79 Å². The van der Waals surface area contributed by atoms with Gasteiger partial charge in [-0.3, -0.25) is 9.69 Å². The molecule has 0 rings (SSSR count). The maximum Gasteiger partial charge on any atom is 0.235 e. The summed E-state index contributed by atoms with van der Waals surface area (Å²) in [6, 6.07) is -0.0202. The summed E-state index contributed by atoms with van der Waals surface area (Å²) in [4.78, 5) is 16.0. The molecule has 0 saturated heterocycles. The Morgan fingerprint density at radius 2 is 1.68 bits per heavy atom. The molecule has 3 N–H and O–H groups in total. The summed E-state index contributed by atoms with van der Waals surface area (Å²) < 4.78 is 0. The average Bonchev–Trinajstić information content (AvgIpc) is 2.23. The molecule has 0 fully saturated rings. The van der Waals surface area contributed by atoms with Gasteiger partial charge in [0.15, 0.2) is 0 Å². The lowest BCUT2D eigenvalue weighted by Gasteiger charge is -2.30. The minimum Gasteiger partial charge on any atom is -0.368 e. The Balaban J connectivity index is 4.50. The Morgan fingerprint density at radius 3 is 2.05 bits per heavy atom. The molecule has 0 saturated carbocycles. The number of nitrogens with zero attached hydrogens (tertiary/aromatic N) is 2. The van der Waals surface area contributed by atoms with E-state index in [9.17, 15) is 4.79 Å². The molecular weight excluding hydrogens is 240 g/mol. The van der Waals surface area contributed by atoms with Crippen molar-refractivity contribution in [2.24, 2.45) is 11.7 Å². The summed E-state index contributed by atoms with van der Waals surface area (Å²) in [6.45, 7) is 12.0. The maximum absolute atomic E-state index is 11.5. The molecule has 0 aromatic carbocycles. The number of likely N-dealkylation sites (N-methyl/N-ethyl adjacent to an activating group) is 1. The van der Waals surface area contributed by atoms with Crippen molar-refractivity contribution in [2.45, 2.75) is 39.8 Å². The fourth-order valence-electron chi connectivity index (χ4n) is 2.00. The van der Waals surface area contributed by atoms with Gasteiger partial charge in [0.2, 0.25) is 5.91 Å². The van der Waals surface area contributed by atoms with Crippen molar-refractivity contribution in [3.05, 3.63) is 0 Å². The van der Waals surface area contributed by atoms with Gasteiger partial charge in [-0.2, -0.15) is 0 Å². The highest BCUT2D eigenvalue weighted by molar-refractivity contribution is 5.80. The predicted octanol–water partition coefficient (Wildman–Crippen LogP) is 0.358. The summed E-state index contributed by atoms with van der Waals surface area (Å²) in [5.41, 5.74) is 5.48. The van der Waals surface area contributed by atoms with Crippen LogP contribution in [-0.4, -0.2) is 68.1 Å². The third kappa shape index (κ3) is 9.87. The van der Waals surface area contributed by atoms with Crippen LogP contribution in [0.5, 0.6) is 0 Å². The number of amides is 1. The molecule has 0 aromatic heterocycles. The maximum atomic E-state index is 11.5. The van der Waals surface area contributed by atoms with E-state index in [2.05, 4.69) is 43.1 Å². The minimum absolute atomic E-state index is 0.257. The van der Waals surface area contributed by atoms with E-state index >= 15 is 0 Å². The van der Waals surface area contributed by atoms with Gasteiger partial charge in [0, 0.05) is 32.2 Å². The van der Waals surface area contributed by atoms with E-state index in [1.165, 1.54) is 0 Å². The van der Waals surface area contributed by atoms with Crippen LogP contribution in [0.15, 0.2) is 0 Å². The lowest BCUT2D eigenvalue weighted by Crippen LogP contribution is -2.52. The molecular formula is C14H32N4O. The second-order valence-electron chi connectivity index (χ2n) is 6.23. The van der Waals surface area contributed by atoms with Crippen LogP contribution < -0.4 is 11.1 Å². The normalized spacial score (nSPS) is 13.8. The van der Waals surface area contributed by atoms with Crippen molar-refractivity contribution >= 4 is 5.91 Å². The lowest BCUT2D eigenvalue weighted by molar-refractivity contribution is -0.120. The second-order valence-corrected chi connectivity index (χ2v) is 6.23. The lowest BCUT2D eigenvalue weighted by atomic mass is 10.1. The van der Waals surface area contributed by atoms with E-state index in [4.69, 9.17) is 5.73 Å². The first-order chi connectivity index (χ1) is 8.72. The molecule has 19 heavy (non-hydrogen) atoms. The summed E-state index contributed by atoms with van der Waals surface area (Å²) in [6.07, 6.45) is 0. The number of nitrogens with one attached hydrogen (secondary N) is 1. The van der Waals surface area contributed by atoms with Crippen LogP contribution in [0.3, 0.4) is 0 Å². The zero-order valence-corrected chi connectivity index (χ0v) is 13.4. The van der Waals surface area contributed by atoms with Crippen molar-refractivity contribution in [1.82, 2.24) is 15.1 Å². The van der Waals surface area contributed by atoms with Gasteiger partial charge in [0.1, 0.15) is 0 Å². The van der Waals surface area contributed by atoms with Crippen LogP contribution >= 0.6 is 0 Å². The van der Waals surface area contributed by atoms with Crippen LogP contribution in [0.4, 0.5) is 0 Å². The summed E-state index contributed by atoms with van der Waals surface area (Å²) in [5.74, 6) is 0.307. The Bertz CT molecular complexity index is 254. The first kappa shape index (κ1) is 18.4. The number of primary amides is 1. The monoisotopic (exact) mass is 272 g/mol. The largest absolute Gasteiger partial charge is 0.368 e. The molecule has 0 aliphatic heterocycles. The van der Waals surface area contributed by atoms with E-state index in [-0.39, 0.29) is 18.0 Å². The van der Waals surface area contributed by atoms with Crippen molar-refractivity contribution in [3.8, 4) is 0 Å². The third-order valence-corrected chi connectivity index (χ3v) is 2.81. The molecule has 0 aromatic rings. The molecule has 0 bridgehead atoms. The van der Waals surface area contributed by atoms with Crippen LogP contribution in [0, 0.1) is 5.92 Å². The van der Waals surface area contributed by atoms with Crippen LogP contribution in [0.2, 0.25) is 0 Å². The van der Waals surface area contributed by atoms with E-state index in [0.717, 1.165) is 19.6 Å². The first-order valence-electron chi connectivity index (χ1n) is 7.14. The quantitative estimate of drug-likeness (QED) is 0.603. The van der Waals surface area contributed by atoms with Gasteiger partial charge in [0.05, 0.1) is 6.04 Å². The molecule has 0 heterocycles. The number of rotatable bonds is 10. The number of carbonyl (C=O) groups is 1. The summed E-state index contributed by atoms with van der Waals surface area (Å²) in [5, 5.41) is 3.24. The van der Waals surface area contributed by atoms with E-state index in [0.29, 0.717) is 12.5 Å². The van der Waals surface area contributed by atoms with Gasteiger partial charge < -0.3 is 16.0 Å². The Labute approximate surface area is 118 Å². The second kappa shape index (κ2) is 9.28. The smallest absolute Gasteiger partial charge is 0.235 e. The molecule has 1 atom stereocenters. The molecule has 5 heteroatoms. The highest BCUT2D eigenvalue weighted by Gasteiger charge is 2.20. The molecule has 0 spiro atoms. The van der Waals surface area contributed by atoms with E-state index in [1.807, 2.05) is 13.8 Å². The highest BCUT2D eigenvalue weighted by Crippen LogP contribution is 2.01. The molecule has 1 amide bonds. The van der Waals surface area contributed by atoms with E-state index < -0.39 is 0 Å². The number of hydrogen-bond donors (Lipinski definition) is 2. The van der Waals surface area contributed by atoms with Gasteiger partial charge in [-0.25, -0.2) is 0 Å². The summed E-state index contributed by atoms with van der Waals surface area (Å²) >= 11 is 0. The third-order valence-electron chi connectivity index (χ3n) is 2.81. The van der Waals surface area contributed by atoms with E-state index in [1.54, 1.807) is 0 Å². The predicted molar refractivity (Wildman–Crippen MR) is 81.1 cm³/mol. The summed E-state index contributed by atoms with van der Waals surface area (Å²) in [7, 11) is 4.12. The van der Waals surface area contributed by atoms with Gasteiger partial charge in [0.25, 0.3) is 0 Å². The SMILES string of the molecule is CC(C)CN(CCN(C)C)CC(NC(C)C)C(N)=O. The zero-order chi connectivity index (χ0) is 15.0. The molecule has 5 nitrogen and oxygen atoms in total. The van der Waals surface area contributed by atoms with Gasteiger partial charge in [-0.15, -0.1) is 0 Å². The zero-order valence-electron chi connectivity index (χ0n) is 13.4. The average molecular weight is 272 g/mol. The van der Waals surface area contributed by atoms with Gasteiger partial charge >= 0.3 is 0 Å². The fourth-order valence-corrected chi connectivity index (χ4v) is 2.00. The van der Waals surface area contributed by atoms with Crippen molar-refractivity contribution in [1.29, 1.82) is 0 Å². The Kier molecular flexibility index (Phi) is 8.97. The van der Waals surface area contributed by atoms with Gasteiger partial charge in [-0.1, -0.05) is 27.7 Å². The number of carbonyl (C=O) groups excluding carboxylic acids is 1. The molecule has 0 radical (unpaired) electrons. The topological polar surface area (TPSA) is 61.6 Å². The Hall–Kier alpha value is -0.650. The highest BCUT2D eigenvalue weighted by atomic mass is 16.1. The van der Waals surface area contributed by atoms with Crippen LogP contribution in [-0.2, 0) is 4.79 Å². The molecule has 1 unspecified atom stereocenters. The molecule has 114 valence electrons.